The van der Waals surface area contributed by atoms with Crippen molar-refractivity contribution in [3.05, 3.63) is 48.0 Å². The number of nitrogens with zero attached hydrogens (tertiary/aromatic N) is 5. The van der Waals surface area contributed by atoms with Gasteiger partial charge in [0.1, 0.15) is 6.33 Å². The van der Waals surface area contributed by atoms with Crippen molar-refractivity contribution >= 4 is 0 Å². The summed E-state index contributed by atoms with van der Waals surface area (Å²) in [4.78, 5) is 11.1. The minimum Gasteiger partial charge on any atom is -0.395 e. The molecule has 1 aromatic carbocycles. The average Bonchev–Trinajstić information content (AvgIpc) is 3.43. The summed E-state index contributed by atoms with van der Waals surface area (Å²) in [5.41, 5.74) is 6.56. The third kappa shape index (κ3) is 3.09. The maximum Gasteiger partial charge on any atom is 0.586 e. The van der Waals surface area contributed by atoms with Crippen LogP contribution in [-0.2, 0) is 6.54 Å². The zero-order chi connectivity index (χ0) is 21.2. The van der Waals surface area contributed by atoms with Crippen molar-refractivity contribution in [1.29, 1.82) is 0 Å². The lowest BCUT2D eigenvalue weighted by molar-refractivity contribution is -0.287. The van der Waals surface area contributed by atoms with E-state index in [0.717, 1.165) is 42.9 Å². The van der Waals surface area contributed by atoms with Crippen LogP contribution in [0.5, 0.6) is 11.5 Å². The standard InChI is InChI=1S/C21H22F2N6O2/c1-27-26-17(18-15-5-8-24-20(15)25-12-29(18)27)13-6-9-28(10-7-13)11-14-3-2-4-16-19(14)31-21(22,23)30-16/h2-5,8,12-13,17,26H,6-7,9-11H2,1H3. The van der Waals surface area contributed by atoms with Gasteiger partial charge in [0, 0.05) is 30.9 Å². The smallest absolute Gasteiger partial charge is 0.395 e. The van der Waals surface area contributed by atoms with E-state index in [4.69, 9.17) is 4.74 Å². The van der Waals surface area contributed by atoms with E-state index in [-0.39, 0.29) is 17.5 Å². The molecule has 0 radical (unpaired) electrons. The second kappa shape index (κ2) is 6.76. The molecule has 162 valence electrons. The number of benzene rings is 1. The van der Waals surface area contributed by atoms with Gasteiger partial charge in [0.2, 0.25) is 0 Å². The molecular formula is C21H22F2N6O2. The van der Waals surface area contributed by atoms with Gasteiger partial charge in [-0.05, 0) is 44.0 Å². The highest BCUT2D eigenvalue weighted by Gasteiger charge is 2.44. The predicted molar refractivity (Wildman–Crippen MR) is 107 cm³/mol. The fourth-order valence-corrected chi connectivity index (χ4v) is 4.96. The lowest BCUT2D eigenvalue weighted by Gasteiger charge is -2.35. The molecule has 8 nitrogen and oxygen atoms in total. The van der Waals surface area contributed by atoms with E-state index in [9.17, 15) is 8.78 Å². The van der Waals surface area contributed by atoms with Gasteiger partial charge in [-0.3, -0.25) is 4.90 Å². The van der Waals surface area contributed by atoms with Crippen molar-refractivity contribution in [1.82, 2.24) is 25.0 Å². The molecule has 1 unspecified atom stereocenters. The average molecular weight is 428 g/mol. The number of aromatic nitrogens is 3. The quantitative estimate of drug-likeness (QED) is 0.688. The second-order valence-electron chi connectivity index (χ2n) is 8.31. The third-order valence-corrected chi connectivity index (χ3v) is 6.44. The zero-order valence-corrected chi connectivity index (χ0v) is 17.0. The van der Waals surface area contributed by atoms with Gasteiger partial charge in [0.15, 0.2) is 17.3 Å². The predicted octanol–water partition coefficient (Wildman–Crippen LogP) is 2.74. The molecule has 5 aliphatic heterocycles. The summed E-state index contributed by atoms with van der Waals surface area (Å²) in [7, 11) is 1.98. The molecule has 1 aromatic rings. The molecule has 5 heterocycles. The Hall–Kier alpha value is -2.98. The highest BCUT2D eigenvalue weighted by atomic mass is 19.3. The Balaban J connectivity index is 1.17. The van der Waals surface area contributed by atoms with Gasteiger partial charge in [0.25, 0.3) is 0 Å². The van der Waals surface area contributed by atoms with Gasteiger partial charge in [-0.25, -0.2) is 25.2 Å². The summed E-state index contributed by atoms with van der Waals surface area (Å²) >= 11 is 0. The second-order valence-corrected chi connectivity index (χ2v) is 8.31. The van der Waals surface area contributed by atoms with Crippen LogP contribution >= 0.6 is 0 Å². The van der Waals surface area contributed by atoms with Gasteiger partial charge >= 0.3 is 6.29 Å². The number of alkyl halides is 2. The fraction of sp³-hybridized carbons (Fsp3) is 0.429. The molecular weight excluding hydrogens is 406 g/mol. The minimum absolute atomic E-state index is 0.102. The van der Waals surface area contributed by atoms with Crippen LogP contribution in [0.4, 0.5) is 8.78 Å². The number of para-hydroxylation sites is 1. The van der Waals surface area contributed by atoms with Gasteiger partial charge in [-0.15, -0.1) is 8.78 Å². The zero-order valence-electron chi connectivity index (χ0n) is 17.0. The third-order valence-electron chi connectivity index (χ3n) is 6.44. The molecule has 1 saturated heterocycles. The lowest BCUT2D eigenvalue weighted by Crippen LogP contribution is -2.41. The Morgan fingerprint density at radius 1 is 1.16 bits per heavy atom. The van der Waals surface area contributed by atoms with E-state index in [1.165, 1.54) is 11.8 Å². The van der Waals surface area contributed by atoms with Crippen molar-refractivity contribution in [2.75, 3.05) is 25.3 Å². The first-order valence-corrected chi connectivity index (χ1v) is 10.4. The van der Waals surface area contributed by atoms with E-state index in [1.807, 2.05) is 29.0 Å². The number of rotatable bonds is 3. The summed E-state index contributed by atoms with van der Waals surface area (Å²) < 4.78 is 38.3. The highest BCUT2D eigenvalue weighted by molar-refractivity contribution is 5.61. The van der Waals surface area contributed by atoms with Crippen LogP contribution in [0.15, 0.2) is 36.8 Å². The van der Waals surface area contributed by atoms with Crippen LogP contribution in [0.3, 0.4) is 0 Å². The molecule has 1 atom stereocenters. The Morgan fingerprint density at radius 3 is 2.84 bits per heavy atom. The monoisotopic (exact) mass is 428 g/mol. The number of hydrogen-bond donors (Lipinski definition) is 1. The summed E-state index contributed by atoms with van der Waals surface area (Å²) in [6.07, 6.45) is 2.00. The van der Waals surface area contributed by atoms with E-state index in [0.29, 0.717) is 12.5 Å². The number of halogens is 2. The van der Waals surface area contributed by atoms with E-state index in [2.05, 4.69) is 25.0 Å². The minimum atomic E-state index is -3.59. The summed E-state index contributed by atoms with van der Waals surface area (Å²) in [6, 6.07) is 7.26. The van der Waals surface area contributed by atoms with E-state index in [1.54, 1.807) is 18.6 Å². The van der Waals surface area contributed by atoms with E-state index >= 15 is 0 Å². The summed E-state index contributed by atoms with van der Waals surface area (Å²) in [5.74, 6) is 1.46. The Bertz CT molecular complexity index is 1100. The molecule has 0 saturated carbocycles. The lowest BCUT2D eigenvalue weighted by atomic mass is 9.86. The number of likely N-dealkylation sites (tertiary alicyclic amines) is 1. The SMILES string of the molecule is CN1NC(C2CCN(Cc3cccc4c3OC(F)(F)O4)CC2)c2c3ccnc-3ncn21. The van der Waals surface area contributed by atoms with Crippen LogP contribution < -0.4 is 20.0 Å². The van der Waals surface area contributed by atoms with Gasteiger partial charge < -0.3 is 9.47 Å². The molecule has 10 heteroatoms. The first kappa shape index (κ1) is 18.8. The maximum atomic E-state index is 13.5. The number of hydrazine groups is 1. The van der Waals surface area contributed by atoms with Crippen LogP contribution in [0, 0.1) is 5.92 Å². The van der Waals surface area contributed by atoms with Crippen molar-refractivity contribution in [2.24, 2.45) is 5.92 Å². The Labute approximate surface area is 177 Å². The molecule has 0 amide bonds. The van der Waals surface area contributed by atoms with Gasteiger partial charge in [-0.1, -0.05) is 12.1 Å². The van der Waals surface area contributed by atoms with Crippen molar-refractivity contribution in [2.45, 2.75) is 31.7 Å². The highest BCUT2D eigenvalue weighted by Crippen LogP contribution is 2.44. The Morgan fingerprint density at radius 2 is 2.00 bits per heavy atom. The summed E-state index contributed by atoms with van der Waals surface area (Å²) in [5, 5.41) is 1.97. The number of nitrogens with one attached hydrogen (secondary N) is 1. The molecule has 5 aliphatic rings. The topological polar surface area (TPSA) is 67.7 Å². The molecule has 1 fully saturated rings. The number of fused-ring (bicyclic) bond motifs is 4. The van der Waals surface area contributed by atoms with Crippen LogP contribution in [-0.4, -0.2) is 46.0 Å². The Kier molecular flexibility index (Phi) is 4.09. The van der Waals surface area contributed by atoms with Gasteiger partial charge in [0.05, 0.1) is 11.7 Å². The molecule has 0 aromatic heterocycles. The van der Waals surface area contributed by atoms with Crippen molar-refractivity contribution < 1.29 is 18.3 Å². The van der Waals surface area contributed by atoms with E-state index < -0.39 is 6.29 Å². The number of hydrogen-bond acceptors (Lipinski definition) is 7. The summed E-state index contributed by atoms with van der Waals surface area (Å²) in [6.45, 7) is 2.31. The largest absolute Gasteiger partial charge is 0.586 e. The fourth-order valence-electron chi connectivity index (χ4n) is 4.96. The number of ether oxygens (including phenoxy) is 2. The molecule has 0 aliphatic carbocycles. The maximum absolute atomic E-state index is 13.5. The normalized spacial score (nSPS) is 22.9. The van der Waals surface area contributed by atoms with Crippen molar-refractivity contribution in [3.63, 3.8) is 0 Å². The van der Waals surface area contributed by atoms with Crippen LogP contribution in [0.2, 0.25) is 0 Å². The van der Waals surface area contributed by atoms with Crippen molar-refractivity contribution in [3.8, 4) is 22.9 Å². The first-order chi connectivity index (χ1) is 15.0. The van der Waals surface area contributed by atoms with Crippen LogP contribution in [0.25, 0.3) is 11.4 Å². The molecule has 1 N–H and O–H groups in total. The molecule has 6 rings (SSSR count). The molecule has 0 bridgehead atoms. The molecule has 31 heavy (non-hydrogen) atoms. The number of piperidine rings is 1. The van der Waals surface area contributed by atoms with Crippen LogP contribution in [0.1, 0.15) is 30.1 Å². The first-order valence-electron chi connectivity index (χ1n) is 10.4. The van der Waals surface area contributed by atoms with Gasteiger partial charge in [-0.2, -0.15) is 0 Å². The molecule has 0 spiro atoms.